The summed E-state index contributed by atoms with van der Waals surface area (Å²) in [6.45, 7) is 1.32. The zero-order valence-corrected chi connectivity index (χ0v) is 8.35. The highest BCUT2D eigenvalue weighted by molar-refractivity contribution is 7.99. The number of carbonyl (C=O) groups excluding carboxylic acids is 2. The lowest BCUT2D eigenvalue weighted by atomic mass is 10.7. The maximum atomic E-state index is 11.1. The Labute approximate surface area is 84.8 Å². The molecular weight excluding hydrogens is 204 g/mol. The number of hydrazine groups is 1. The fraction of sp³-hybridized carbons (Fsp3) is 0.286. The second-order valence-electron chi connectivity index (χ2n) is 2.41. The summed E-state index contributed by atoms with van der Waals surface area (Å²) in [7, 11) is 0. The maximum Gasteiger partial charge on any atom is 0.248 e. The van der Waals surface area contributed by atoms with Crippen LogP contribution < -0.4 is 10.9 Å². The van der Waals surface area contributed by atoms with E-state index in [0.29, 0.717) is 5.16 Å². The third-order valence-electron chi connectivity index (χ3n) is 1.19. The number of aromatic amines is 1. The quantitative estimate of drug-likeness (QED) is 0.475. The molecule has 76 valence electrons. The molecule has 0 bridgehead atoms. The number of carbonyl (C=O) groups is 2. The average molecular weight is 214 g/mol. The average Bonchev–Trinajstić information content (AvgIpc) is 2.63. The van der Waals surface area contributed by atoms with E-state index in [0.717, 1.165) is 0 Å². The van der Waals surface area contributed by atoms with E-state index in [1.54, 1.807) is 12.4 Å². The van der Waals surface area contributed by atoms with Crippen molar-refractivity contribution in [1.82, 2.24) is 20.8 Å². The third-order valence-corrected chi connectivity index (χ3v) is 2.09. The van der Waals surface area contributed by atoms with Crippen molar-refractivity contribution in [1.29, 1.82) is 0 Å². The highest BCUT2D eigenvalue weighted by atomic mass is 32.2. The van der Waals surface area contributed by atoms with Crippen molar-refractivity contribution in [2.45, 2.75) is 12.1 Å². The molecule has 3 N–H and O–H groups in total. The number of amides is 2. The predicted molar refractivity (Wildman–Crippen MR) is 51.3 cm³/mol. The number of nitrogens with one attached hydrogen (secondary N) is 3. The summed E-state index contributed by atoms with van der Waals surface area (Å²) in [5.41, 5.74) is 4.44. The van der Waals surface area contributed by atoms with E-state index in [4.69, 9.17) is 0 Å². The summed E-state index contributed by atoms with van der Waals surface area (Å²) in [5, 5.41) is 0.669. The molecule has 0 unspecified atom stereocenters. The second-order valence-corrected chi connectivity index (χ2v) is 3.38. The van der Waals surface area contributed by atoms with Gasteiger partial charge in [-0.05, 0) is 0 Å². The number of H-pyrrole nitrogens is 1. The summed E-state index contributed by atoms with van der Waals surface area (Å²) < 4.78 is 0. The Hall–Kier alpha value is -1.50. The van der Waals surface area contributed by atoms with Crippen LogP contribution in [0.1, 0.15) is 6.92 Å². The predicted octanol–water partition coefficient (Wildman–Crippen LogP) is -0.331. The largest absolute Gasteiger partial charge is 0.340 e. The molecule has 0 fully saturated rings. The van der Waals surface area contributed by atoms with Crippen molar-refractivity contribution in [3.63, 3.8) is 0 Å². The number of nitrogens with zero attached hydrogens (tertiary/aromatic N) is 1. The van der Waals surface area contributed by atoms with Gasteiger partial charge in [0, 0.05) is 19.3 Å². The van der Waals surface area contributed by atoms with Gasteiger partial charge in [0.1, 0.15) is 0 Å². The van der Waals surface area contributed by atoms with Gasteiger partial charge >= 0.3 is 0 Å². The standard InChI is InChI=1S/C7H10N4O2S/c1-5(12)10-11-6(13)4-14-7-8-2-3-9-7/h2-3H,4H2,1H3,(H,8,9)(H,10,12)(H,11,13). The number of thioether (sulfide) groups is 1. The van der Waals surface area contributed by atoms with E-state index in [2.05, 4.69) is 20.8 Å². The lowest BCUT2D eigenvalue weighted by molar-refractivity contribution is -0.126. The van der Waals surface area contributed by atoms with Crippen LogP contribution in [0, 0.1) is 0 Å². The Balaban J connectivity index is 2.18. The molecule has 14 heavy (non-hydrogen) atoms. The highest BCUT2D eigenvalue weighted by Crippen LogP contribution is 2.09. The third kappa shape index (κ3) is 3.94. The van der Waals surface area contributed by atoms with Crippen LogP contribution in [0.15, 0.2) is 17.6 Å². The van der Waals surface area contributed by atoms with Crippen LogP contribution in [-0.4, -0.2) is 27.5 Å². The van der Waals surface area contributed by atoms with E-state index >= 15 is 0 Å². The van der Waals surface area contributed by atoms with Crippen LogP contribution >= 0.6 is 11.8 Å². The van der Waals surface area contributed by atoms with Gasteiger partial charge < -0.3 is 4.98 Å². The van der Waals surface area contributed by atoms with Crippen LogP contribution in [-0.2, 0) is 9.59 Å². The topological polar surface area (TPSA) is 86.9 Å². The highest BCUT2D eigenvalue weighted by Gasteiger charge is 2.03. The van der Waals surface area contributed by atoms with Crippen molar-refractivity contribution < 1.29 is 9.59 Å². The molecule has 1 heterocycles. The van der Waals surface area contributed by atoms with Gasteiger partial charge in [0.25, 0.3) is 0 Å². The van der Waals surface area contributed by atoms with Crippen LogP contribution in [0.4, 0.5) is 0 Å². The van der Waals surface area contributed by atoms with Crippen molar-refractivity contribution in [3.8, 4) is 0 Å². The fourth-order valence-corrected chi connectivity index (χ4v) is 1.28. The Morgan fingerprint density at radius 3 is 2.93 bits per heavy atom. The normalized spacial score (nSPS) is 9.50. The number of rotatable bonds is 3. The van der Waals surface area contributed by atoms with E-state index < -0.39 is 0 Å². The maximum absolute atomic E-state index is 11.1. The Kier molecular flexibility index (Phi) is 3.99. The van der Waals surface area contributed by atoms with E-state index in [9.17, 15) is 9.59 Å². The number of aromatic nitrogens is 2. The van der Waals surface area contributed by atoms with E-state index in [1.165, 1.54) is 18.7 Å². The lowest BCUT2D eigenvalue weighted by Gasteiger charge is -2.02. The van der Waals surface area contributed by atoms with E-state index in [1.807, 2.05) is 0 Å². The molecule has 1 rings (SSSR count). The molecule has 0 radical (unpaired) electrons. The first-order valence-electron chi connectivity index (χ1n) is 3.86. The number of hydrogen-bond acceptors (Lipinski definition) is 4. The Morgan fingerprint density at radius 2 is 2.36 bits per heavy atom. The molecule has 0 saturated heterocycles. The van der Waals surface area contributed by atoms with Gasteiger partial charge in [0.15, 0.2) is 5.16 Å². The second kappa shape index (κ2) is 5.28. The molecule has 1 aromatic rings. The van der Waals surface area contributed by atoms with Crippen LogP contribution in [0.25, 0.3) is 0 Å². The Bertz CT molecular complexity index is 311. The zero-order valence-electron chi connectivity index (χ0n) is 7.53. The van der Waals surface area contributed by atoms with Gasteiger partial charge in [0.2, 0.25) is 11.8 Å². The molecule has 0 aliphatic carbocycles. The van der Waals surface area contributed by atoms with E-state index in [-0.39, 0.29) is 17.6 Å². The molecule has 0 atom stereocenters. The van der Waals surface area contributed by atoms with Crippen LogP contribution in [0.5, 0.6) is 0 Å². The minimum Gasteiger partial charge on any atom is -0.340 e. The van der Waals surface area contributed by atoms with Crippen molar-refractivity contribution in [3.05, 3.63) is 12.4 Å². The summed E-state index contributed by atoms with van der Waals surface area (Å²) in [5.74, 6) is -0.378. The monoisotopic (exact) mass is 214 g/mol. The smallest absolute Gasteiger partial charge is 0.248 e. The number of hydrogen-bond donors (Lipinski definition) is 3. The molecular formula is C7H10N4O2S. The molecule has 0 saturated carbocycles. The Morgan fingerprint density at radius 1 is 1.57 bits per heavy atom. The molecule has 6 nitrogen and oxygen atoms in total. The van der Waals surface area contributed by atoms with Gasteiger partial charge in [-0.15, -0.1) is 0 Å². The SMILES string of the molecule is CC(=O)NNC(=O)CSc1ncc[nH]1. The minimum atomic E-state index is -0.304. The van der Waals surface area contributed by atoms with Crippen molar-refractivity contribution in [2.75, 3.05) is 5.75 Å². The van der Waals surface area contributed by atoms with Gasteiger partial charge in [-0.1, -0.05) is 11.8 Å². The fourth-order valence-electron chi connectivity index (χ4n) is 0.657. The molecule has 0 aliphatic heterocycles. The summed E-state index contributed by atoms with van der Waals surface area (Å²) in [4.78, 5) is 28.2. The van der Waals surface area contributed by atoms with Gasteiger partial charge in [-0.3, -0.25) is 20.4 Å². The van der Waals surface area contributed by atoms with Crippen molar-refractivity contribution in [2.24, 2.45) is 0 Å². The summed E-state index contributed by atoms with van der Waals surface area (Å²) in [6.07, 6.45) is 3.28. The minimum absolute atomic E-state index is 0.202. The summed E-state index contributed by atoms with van der Waals surface area (Å²) in [6, 6.07) is 0. The van der Waals surface area contributed by atoms with Crippen LogP contribution in [0.3, 0.4) is 0 Å². The zero-order chi connectivity index (χ0) is 10.4. The van der Waals surface area contributed by atoms with Gasteiger partial charge in [0.05, 0.1) is 5.75 Å². The van der Waals surface area contributed by atoms with Crippen molar-refractivity contribution >= 4 is 23.6 Å². The first-order chi connectivity index (χ1) is 6.68. The molecule has 7 heteroatoms. The van der Waals surface area contributed by atoms with Gasteiger partial charge in [-0.2, -0.15) is 0 Å². The van der Waals surface area contributed by atoms with Crippen LogP contribution in [0.2, 0.25) is 0 Å². The summed E-state index contributed by atoms with van der Waals surface area (Å²) >= 11 is 1.26. The molecule has 2 amide bonds. The molecule has 0 spiro atoms. The lowest BCUT2D eigenvalue weighted by Crippen LogP contribution is -2.41. The van der Waals surface area contributed by atoms with Gasteiger partial charge in [-0.25, -0.2) is 4.98 Å². The first-order valence-corrected chi connectivity index (χ1v) is 4.84. The molecule has 1 aromatic heterocycles. The molecule has 0 aromatic carbocycles. The first kappa shape index (κ1) is 10.6. The number of imidazole rings is 1. The molecule has 0 aliphatic rings.